The second-order valence-electron chi connectivity index (χ2n) is 4.03. The van der Waals surface area contributed by atoms with Crippen molar-refractivity contribution in [2.45, 2.75) is 31.7 Å². The Morgan fingerprint density at radius 3 is 2.69 bits per heavy atom. The lowest BCUT2D eigenvalue weighted by Gasteiger charge is -2.38. The fourth-order valence-electron chi connectivity index (χ4n) is 1.91. The van der Waals surface area contributed by atoms with Crippen molar-refractivity contribution in [1.82, 2.24) is 9.97 Å². The van der Waals surface area contributed by atoms with E-state index in [1.54, 1.807) is 12.4 Å². The molecule has 2 rings (SSSR count). The summed E-state index contributed by atoms with van der Waals surface area (Å²) in [5.74, 6) is 0.752. The van der Waals surface area contributed by atoms with Crippen LogP contribution in [-0.4, -0.2) is 34.3 Å². The van der Waals surface area contributed by atoms with Gasteiger partial charge in [0.2, 0.25) is 0 Å². The van der Waals surface area contributed by atoms with Gasteiger partial charge in [0, 0.05) is 31.6 Å². The molecular formula is C11H16ClN3O. The summed E-state index contributed by atoms with van der Waals surface area (Å²) in [5.41, 5.74) is 0. The molecule has 4 nitrogen and oxygen atoms in total. The average Bonchev–Trinajstić information content (AvgIpc) is 2.22. The number of hydrogen-bond donors (Lipinski definition) is 1. The molecule has 0 spiro atoms. The van der Waals surface area contributed by atoms with E-state index in [1.165, 1.54) is 19.3 Å². The lowest BCUT2D eigenvalue weighted by atomic mass is 9.91. The van der Waals surface area contributed by atoms with E-state index in [0.717, 1.165) is 18.8 Å². The first-order valence-electron chi connectivity index (χ1n) is 5.67. The van der Waals surface area contributed by atoms with Crippen molar-refractivity contribution >= 4 is 17.4 Å². The Balaban J connectivity index is 2.13. The van der Waals surface area contributed by atoms with E-state index < -0.39 is 0 Å². The second-order valence-corrected chi connectivity index (χ2v) is 4.38. The summed E-state index contributed by atoms with van der Waals surface area (Å²) in [4.78, 5) is 10.5. The van der Waals surface area contributed by atoms with E-state index >= 15 is 0 Å². The lowest BCUT2D eigenvalue weighted by Crippen LogP contribution is -2.41. The molecule has 0 unspecified atom stereocenters. The van der Waals surface area contributed by atoms with E-state index in [0.29, 0.717) is 11.2 Å². The fourth-order valence-corrected chi connectivity index (χ4v) is 2.12. The first kappa shape index (κ1) is 11.6. The predicted octanol–water partition coefficient (Wildman–Crippen LogP) is 1.87. The molecule has 1 N–H and O–H groups in total. The Kier molecular flexibility index (Phi) is 3.96. The summed E-state index contributed by atoms with van der Waals surface area (Å²) in [6, 6.07) is 0.515. The lowest BCUT2D eigenvalue weighted by molar-refractivity contribution is 0.282. The van der Waals surface area contributed by atoms with Gasteiger partial charge in [-0.25, -0.2) is 9.97 Å². The Labute approximate surface area is 100 Å². The Morgan fingerprint density at radius 2 is 2.12 bits per heavy atom. The highest BCUT2D eigenvalue weighted by atomic mass is 35.5. The molecule has 0 aliphatic heterocycles. The van der Waals surface area contributed by atoms with Gasteiger partial charge in [-0.15, -0.1) is 0 Å². The molecule has 0 saturated heterocycles. The van der Waals surface area contributed by atoms with Crippen LogP contribution in [0, 0.1) is 0 Å². The molecule has 0 aromatic carbocycles. The molecule has 1 aliphatic carbocycles. The van der Waals surface area contributed by atoms with Crippen LogP contribution in [-0.2, 0) is 0 Å². The number of aromatic nitrogens is 2. The minimum atomic E-state index is 0.196. The molecule has 1 aromatic heterocycles. The minimum Gasteiger partial charge on any atom is -0.396 e. The SMILES string of the molecule is OCCCN(c1nccnc1Cl)C1CCC1. The van der Waals surface area contributed by atoms with Crippen LogP contribution in [0.2, 0.25) is 5.15 Å². The molecule has 0 amide bonds. The van der Waals surface area contributed by atoms with E-state index in [-0.39, 0.29) is 6.61 Å². The number of rotatable bonds is 5. The van der Waals surface area contributed by atoms with Crippen LogP contribution in [0.25, 0.3) is 0 Å². The van der Waals surface area contributed by atoms with Crippen molar-refractivity contribution in [3.8, 4) is 0 Å². The largest absolute Gasteiger partial charge is 0.396 e. The molecule has 0 bridgehead atoms. The summed E-state index contributed by atoms with van der Waals surface area (Å²) >= 11 is 6.05. The van der Waals surface area contributed by atoms with Gasteiger partial charge in [0.1, 0.15) is 0 Å². The molecule has 1 aromatic rings. The first-order valence-corrected chi connectivity index (χ1v) is 6.04. The molecule has 1 aliphatic rings. The molecule has 5 heteroatoms. The summed E-state index contributed by atoms with van der Waals surface area (Å²) < 4.78 is 0. The molecule has 1 fully saturated rings. The van der Waals surface area contributed by atoms with Gasteiger partial charge < -0.3 is 10.0 Å². The van der Waals surface area contributed by atoms with Crippen LogP contribution in [0.3, 0.4) is 0 Å². The molecular weight excluding hydrogens is 226 g/mol. The maximum absolute atomic E-state index is 8.91. The van der Waals surface area contributed by atoms with Crippen molar-refractivity contribution in [3.63, 3.8) is 0 Å². The summed E-state index contributed by atoms with van der Waals surface area (Å²) in [6.07, 6.45) is 7.61. The monoisotopic (exact) mass is 241 g/mol. The van der Waals surface area contributed by atoms with Gasteiger partial charge in [0.25, 0.3) is 0 Å². The summed E-state index contributed by atoms with van der Waals surface area (Å²) in [7, 11) is 0. The van der Waals surface area contributed by atoms with Crippen molar-refractivity contribution in [2.75, 3.05) is 18.1 Å². The third-order valence-corrected chi connectivity index (χ3v) is 3.25. The van der Waals surface area contributed by atoms with Crippen LogP contribution in [0.4, 0.5) is 5.82 Å². The van der Waals surface area contributed by atoms with Crippen LogP contribution >= 0.6 is 11.6 Å². The zero-order chi connectivity index (χ0) is 11.4. The number of halogens is 1. The van der Waals surface area contributed by atoms with Crippen molar-refractivity contribution < 1.29 is 5.11 Å². The topological polar surface area (TPSA) is 49.2 Å². The van der Waals surface area contributed by atoms with E-state index in [9.17, 15) is 0 Å². The van der Waals surface area contributed by atoms with Crippen LogP contribution in [0.5, 0.6) is 0 Å². The average molecular weight is 242 g/mol. The molecule has 16 heavy (non-hydrogen) atoms. The van der Waals surface area contributed by atoms with E-state index in [4.69, 9.17) is 16.7 Å². The number of anilines is 1. The van der Waals surface area contributed by atoms with Gasteiger partial charge in [-0.2, -0.15) is 0 Å². The van der Waals surface area contributed by atoms with E-state index in [2.05, 4.69) is 14.9 Å². The highest BCUT2D eigenvalue weighted by Crippen LogP contribution is 2.31. The number of aliphatic hydroxyl groups excluding tert-OH is 1. The first-order chi connectivity index (χ1) is 7.83. The highest BCUT2D eigenvalue weighted by molar-refractivity contribution is 6.31. The van der Waals surface area contributed by atoms with Crippen LogP contribution in [0.15, 0.2) is 12.4 Å². The van der Waals surface area contributed by atoms with Crippen LogP contribution < -0.4 is 4.90 Å². The third kappa shape index (κ3) is 2.44. The standard InChI is InChI=1S/C11H16ClN3O/c12-10-11(14-6-5-13-10)15(7-2-8-16)9-3-1-4-9/h5-6,9,16H,1-4,7-8H2. The quantitative estimate of drug-likeness (QED) is 0.855. The van der Waals surface area contributed by atoms with Gasteiger partial charge >= 0.3 is 0 Å². The van der Waals surface area contributed by atoms with Gasteiger partial charge in [-0.3, -0.25) is 0 Å². The highest BCUT2D eigenvalue weighted by Gasteiger charge is 2.27. The normalized spacial score (nSPS) is 15.9. The van der Waals surface area contributed by atoms with E-state index in [1.807, 2.05) is 0 Å². The smallest absolute Gasteiger partial charge is 0.171 e. The third-order valence-electron chi connectivity index (χ3n) is 2.98. The molecule has 1 heterocycles. The Morgan fingerprint density at radius 1 is 1.38 bits per heavy atom. The molecule has 0 radical (unpaired) electrons. The number of aliphatic hydroxyl groups is 1. The zero-order valence-corrected chi connectivity index (χ0v) is 9.90. The van der Waals surface area contributed by atoms with Crippen molar-refractivity contribution in [1.29, 1.82) is 0 Å². The van der Waals surface area contributed by atoms with Gasteiger partial charge in [-0.1, -0.05) is 11.6 Å². The Bertz CT molecular complexity index is 344. The second kappa shape index (κ2) is 5.46. The van der Waals surface area contributed by atoms with Gasteiger partial charge in [0.05, 0.1) is 0 Å². The maximum atomic E-state index is 8.91. The van der Waals surface area contributed by atoms with Crippen LogP contribution in [0.1, 0.15) is 25.7 Å². The summed E-state index contributed by atoms with van der Waals surface area (Å²) in [6.45, 7) is 0.987. The maximum Gasteiger partial charge on any atom is 0.171 e. The molecule has 1 saturated carbocycles. The molecule has 0 atom stereocenters. The summed E-state index contributed by atoms with van der Waals surface area (Å²) in [5, 5.41) is 9.36. The number of nitrogens with zero attached hydrogens (tertiary/aromatic N) is 3. The zero-order valence-electron chi connectivity index (χ0n) is 9.14. The number of hydrogen-bond acceptors (Lipinski definition) is 4. The molecule has 88 valence electrons. The fraction of sp³-hybridized carbons (Fsp3) is 0.636. The van der Waals surface area contributed by atoms with Gasteiger partial charge in [0.15, 0.2) is 11.0 Å². The van der Waals surface area contributed by atoms with Crippen molar-refractivity contribution in [2.24, 2.45) is 0 Å². The predicted molar refractivity (Wildman–Crippen MR) is 63.7 cm³/mol. The van der Waals surface area contributed by atoms with Gasteiger partial charge in [-0.05, 0) is 25.7 Å². The van der Waals surface area contributed by atoms with Crippen molar-refractivity contribution in [3.05, 3.63) is 17.5 Å². The minimum absolute atomic E-state index is 0.196. The Hall–Kier alpha value is -0.870.